The second-order valence-corrected chi connectivity index (χ2v) is 4.80. The van der Waals surface area contributed by atoms with E-state index < -0.39 is 0 Å². The van der Waals surface area contributed by atoms with Gasteiger partial charge in [-0.1, -0.05) is 37.3 Å². The van der Waals surface area contributed by atoms with Gasteiger partial charge in [0.25, 0.3) is 0 Å². The molecule has 0 unspecified atom stereocenters. The first kappa shape index (κ1) is 13.5. The van der Waals surface area contributed by atoms with E-state index in [0.717, 1.165) is 0 Å². The molecule has 0 aliphatic carbocycles. The predicted octanol–water partition coefficient (Wildman–Crippen LogP) is 3.48. The molecule has 0 saturated carbocycles. The summed E-state index contributed by atoms with van der Waals surface area (Å²) in [6, 6.07) is 11.1. The molecule has 1 aromatic carbocycles. The Bertz CT molecular complexity index is 302. The lowest BCUT2D eigenvalue weighted by molar-refractivity contribution is 0.182. The third-order valence-corrected chi connectivity index (χ3v) is 4.01. The topological polar surface area (TPSA) is 3.24 Å². The van der Waals surface area contributed by atoms with Crippen molar-refractivity contribution in [1.29, 1.82) is 0 Å². The van der Waals surface area contributed by atoms with Crippen LogP contribution in [-0.4, -0.2) is 25.0 Å². The van der Waals surface area contributed by atoms with Crippen LogP contribution in [0.5, 0.6) is 0 Å². The largest absolute Gasteiger partial charge is 0.306 e. The molecule has 1 aliphatic heterocycles. The van der Waals surface area contributed by atoms with Crippen molar-refractivity contribution in [2.24, 2.45) is 0 Å². The second-order valence-electron chi connectivity index (χ2n) is 4.80. The van der Waals surface area contributed by atoms with Crippen molar-refractivity contribution >= 4 is 12.4 Å². The van der Waals surface area contributed by atoms with E-state index in [-0.39, 0.29) is 12.4 Å². The number of halogens is 1. The zero-order chi connectivity index (χ0) is 10.7. The average molecular weight is 240 g/mol. The SMILES string of the molecule is CCC1(c2ccccc2)CCN(C)CC1.Cl. The van der Waals surface area contributed by atoms with Gasteiger partial charge in [-0.2, -0.15) is 0 Å². The van der Waals surface area contributed by atoms with Gasteiger partial charge in [-0.3, -0.25) is 0 Å². The molecule has 90 valence electrons. The molecule has 1 heterocycles. The van der Waals surface area contributed by atoms with Crippen molar-refractivity contribution < 1.29 is 0 Å². The molecule has 0 bridgehead atoms. The van der Waals surface area contributed by atoms with Gasteiger partial charge in [0.2, 0.25) is 0 Å². The molecular formula is C14H22ClN. The van der Waals surface area contributed by atoms with Gasteiger partial charge in [0.1, 0.15) is 0 Å². The lowest BCUT2D eigenvalue weighted by Crippen LogP contribution is -2.40. The average Bonchev–Trinajstić information content (AvgIpc) is 2.32. The van der Waals surface area contributed by atoms with Gasteiger partial charge in [-0.25, -0.2) is 0 Å². The van der Waals surface area contributed by atoms with Crippen LogP contribution in [-0.2, 0) is 5.41 Å². The minimum atomic E-state index is 0. The van der Waals surface area contributed by atoms with Crippen LogP contribution in [0.4, 0.5) is 0 Å². The Morgan fingerprint density at radius 3 is 2.19 bits per heavy atom. The van der Waals surface area contributed by atoms with Gasteiger partial charge in [0, 0.05) is 0 Å². The van der Waals surface area contributed by atoms with E-state index in [0.29, 0.717) is 5.41 Å². The first-order valence-electron chi connectivity index (χ1n) is 6.01. The van der Waals surface area contributed by atoms with E-state index in [2.05, 4.69) is 49.2 Å². The smallest absolute Gasteiger partial charge is 0.00133 e. The fraction of sp³-hybridized carbons (Fsp3) is 0.571. The highest BCUT2D eigenvalue weighted by Crippen LogP contribution is 2.37. The third-order valence-electron chi connectivity index (χ3n) is 4.01. The Morgan fingerprint density at radius 1 is 1.12 bits per heavy atom. The molecule has 0 N–H and O–H groups in total. The summed E-state index contributed by atoms with van der Waals surface area (Å²) in [6.45, 7) is 4.81. The monoisotopic (exact) mass is 239 g/mol. The van der Waals surface area contributed by atoms with Crippen molar-refractivity contribution in [3.05, 3.63) is 35.9 Å². The normalized spacial score (nSPS) is 20.1. The molecule has 1 fully saturated rings. The highest BCUT2D eigenvalue weighted by atomic mass is 35.5. The van der Waals surface area contributed by atoms with Crippen molar-refractivity contribution in [1.82, 2.24) is 4.90 Å². The first-order chi connectivity index (χ1) is 7.27. The van der Waals surface area contributed by atoms with E-state index in [1.165, 1.54) is 32.4 Å². The second kappa shape index (κ2) is 5.70. The summed E-state index contributed by atoms with van der Waals surface area (Å²) in [5.41, 5.74) is 1.99. The first-order valence-corrected chi connectivity index (χ1v) is 6.01. The molecule has 0 atom stereocenters. The van der Waals surface area contributed by atoms with Crippen molar-refractivity contribution in [3.63, 3.8) is 0 Å². The molecule has 0 aromatic heterocycles. The van der Waals surface area contributed by atoms with E-state index in [4.69, 9.17) is 0 Å². The van der Waals surface area contributed by atoms with Gasteiger partial charge in [-0.05, 0) is 50.4 Å². The predicted molar refractivity (Wildman–Crippen MR) is 72.4 cm³/mol. The lowest BCUT2D eigenvalue weighted by Gasteiger charge is -2.40. The summed E-state index contributed by atoms with van der Waals surface area (Å²) in [4.78, 5) is 2.44. The minimum Gasteiger partial charge on any atom is -0.306 e. The zero-order valence-corrected chi connectivity index (χ0v) is 11.1. The highest BCUT2D eigenvalue weighted by molar-refractivity contribution is 5.85. The zero-order valence-electron chi connectivity index (χ0n) is 10.3. The summed E-state index contributed by atoms with van der Waals surface area (Å²) < 4.78 is 0. The highest BCUT2D eigenvalue weighted by Gasteiger charge is 2.33. The number of rotatable bonds is 2. The number of hydrogen-bond acceptors (Lipinski definition) is 1. The lowest BCUT2D eigenvalue weighted by atomic mass is 9.71. The van der Waals surface area contributed by atoms with Crippen LogP contribution in [0.1, 0.15) is 31.7 Å². The molecule has 0 radical (unpaired) electrons. The maximum absolute atomic E-state index is 2.44. The Morgan fingerprint density at radius 2 is 1.69 bits per heavy atom. The van der Waals surface area contributed by atoms with Crippen LogP contribution in [0.15, 0.2) is 30.3 Å². The van der Waals surface area contributed by atoms with Gasteiger partial charge >= 0.3 is 0 Å². The Hall–Kier alpha value is -0.530. The summed E-state index contributed by atoms with van der Waals surface area (Å²) in [5, 5.41) is 0. The molecule has 2 heteroatoms. The molecule has 2 rings (SSSR count). The number of nitrogens with zero attached hydrogens (tertiary/aromatic N) is 1. The van der Waals surface area contributed by atoms with Crippen molar-refractivity contribution in [2.75, 3.05) is 20.1 Å². The summed E-state index contributed by atoms with van der Waals surface area (Å²) >= 11 is 0. The molecule has 16 heavy (non-hydrogen) atoms. The van der Waals surface area contributed by atoms with Crippen LogP contribution in [0.3, 0.4) is 0 Å². The fourth-order valence-corrected chi connectivity index (χ4v) is 2.68. The number of benzene rings is 1. The minimum absolute atomic E-state index is 0. The van der Waals surface area contributed by atoms with Crippen LogP contribution in [0.2, 0.25) is 0 Å². The maximum atomic E-state index is 2.44. The Kier molecular flexibility index (Phi) is 4.82. The molecule has 1 nitrogen and oxygen atoms in total. The van der Waals surface area contributed by atoms with E-state index in [9.17, 15) is 0 Å². The van der Waals surface area contributed by atoms with E-state index in [1.54, 1.807) is 5.56 Å². The van der Waals surface area contributed by atoms with E-state index in [1.807, 2.05) is 0 Å². The van der Waals surface area contributed by atoms with Gasteiger partial charge in [0.15, 0.2) is 0 Å². The van der Waals surface area contributed by atoms with Crippen LogP contribution in [0, 0.1) is 0 Å². The standard InChI is InChI=1S/C14H21N.ClH/c1-3-14(9-11-15(2)12-10-14)13-7-5-4-6-8-13;/h4-8H,3,9-12H2,1-2H3;1H. The van der Waals surface area contributed by atoms with Crippen molar-refractivity contribution in [3.8, 4) is 0 Å². The summed E-state index contributed by atoms with van der Waals surface area (Å²) in [5.74, 6) is 0. The summed E-state index contributed by atoms with van der Waals surface area (Å²) in [6.07, 6.45) is 3.89. The fourth-order valence-electron chi connectivity index (χ4n) is 2.68. The third kappa shape index (κ3) is 2.58. The molecule has 1 saturated heterocycles. The molecule has 1 aliphatic rings. The molecule has 1 aromatic rings. The van der Waals surface area contributed by atoms with Crippen LogP contribution >= 0.6 is 12.4 Å². The van der Waals surface area contributed by atoms with E-state index >= 15 is 0 Å². The number of likely N-dealkylation sites (tertiary alicyclic amines) is 1. The maximum Gasteiger partial charge on any atom is -0.00133 e. The van der Waals surface area contributed by atoms with Crippen LogP contribution in [0.25, 0.3) is 0 Å². The number of piperidine rings is 1. The Balaban J connectivity index is 0.00000128. The van der Waals surface area contributed by atoms with Gasteiger partial charge < -0.3 is 4.90 Å². The van der Waals surface area contributed by atoms with Gasteiger partial charge in [0.05, 0.1) is 0 Å². The quantitative estimate of drug-likeness (QED) is 0.764. The Labute approximate surface area is 105 Å². The number of hydrogen-bond donors (Lipinski definition) is 0. The van der Waals surface area contributed by atoms with Crippen molar-refractivity contribution in [2.45, 2.75) is 31.6 Å². The molecule has 0 amide bonds. The molecule has 0 spiro atoms. The van der Waals surface area contributed by atoms with Gasteiger partial charge in [-0.15, -0.1) is 12.4 Å². The van der Waals surface area contributed by atoms with Crippen LogP contribution < -0.4 is 0 Å². The summed E-state index contributed by atoms with van der Waals surface area (Å²) in [7, 11) is 2.23. The molecular weight excluding hydrogens is 218 g/mol.